The van der Waals surface area contributed by atoms with Crippen LogP contribution in [0.4, 0.5) is 8.78 Å². The Kier molecular flexibility index (Phi) is 3.05. The zero-order chi connectivity index (χ0) is 12.5. The highest BCUT2D eigenvalue weighted by Crippen LogP contribution is 2.25. The number of likely N-dealkylation sites (tertiary alicyclic amines) is 1. The largest absolute Gasteiger partial charge is 0.464 e. The Labute approximate surface area is 96.1 Å². The number of hydrogen-bond donors (Lipinski definition) is 0. The number of carbonyl (C=O) groups is 1. The highest BCUT2D eigenvalue weighted by Gasteiger charge is 2.43. The van der Waals surface area contributed by atoms with Crippen molar-refractivity contribution in [3.8, 4) is 0 Å². The molecule has 1 aromatic heterocycles. The van der Waals surface area contributed by atoms with Crippen molar-refractivity contribution in [3.63, 3.8) is 0 Å². The summed E-state index contributed by atoms with van der Waals surface area (Å²) in [6.07, 6.45) is 1.29. The van der Waals surface area contributed by atoms with Crippen LogP contribution in [-0.2, 0) is 11.3 Å². The van der Waals surface area contributed by atoms with Gasteiger partial charge in [0.05, 0.1) is 32.9 Å². The van der Waals surface area contributed by atoms with Gasteiger partial charge in [-0.2, -0.15) is 9.90 Å². The van der Waals surface area contributed by atoms with Crippen molar-refractivity contribution in [1.29, 1.82) is 0 Å². The molecule has 1 aromatic rings. The van der Waals surface area contributed by atoms with Crippen LogP contribution in [0.25, 0.3) is 0 Å². The Morgan fingerprint density at radius 2 is 2.24 bits per heavy atom. The number of nitrogens with zero attached hydrogens (tertiary/aromatic N) is 4. The Morgan fingerprint density at radius 3 is 2.82 bits per heavy atom. The molecule has 0 saturated carbocycles. The van der Waals surface area contributed by atoms with Gasteiger partial charge in [-0.1, -0.05) is 0 Å². The van der Waals surface area contributed by atoms with Gasteiger partial charge in [-0.25, -0.2) is 13.6 Å². The van der Waals surface area contributed by atoms with E-state index in [1.165, 1.54) is 18.1 Å². The Bertz CT molecular complexity index is 413. The van der Waals surface area contributed by atoms with E-state index in [1.54, 1.807) is 4.90 Å². The van der Waals surface area contributed by atoms with E-state index in [2.05, 4.69) is 14.9 Å². The van der Waals surface area contributed by atoms with Crippen LogP contribution < -0.4 is 0 Å². The van der Waals surface area contributed by atoms with E-state index in [4.69, 9.17) is 0 Å². The molecule has 1 saturated heterocycles. The number of ether oxygens (including phenoxy) is 1. The third kappa shape index (κ3) is 2.76. The van der Waals surface area contributed by atoms with Gasteiger partial charge in [0.2, 0.25) is 0 Å². The first kappa shape index (κ1) is 11.9. The number of halogens is 2. The summed E-state index contributed by atoms with van der Waals surface area (Å²) in [7, 11) is 1.25. The number of esters is 1. The molecule has 6 nitrogen and oxygen atoms in total. The maximum Gasteiger partial charge on any atom is 0.360 e. The highest BCUT2D eigenvalue weighted by atomic mass is 19.3. The number of hydrogen-bond acceptors (Lipinski definition) is 5. The Balaban J connectivity index is 1.80. The summed E-state index contributed by atoms with van der Waals surface area (Å²) < 4.78 is 29.5. The van der Waals surface area contributed by atoms with Gasteiger partial charge in [0.25, 0.3) is 5.92 Å². The minimum Gasteiger partial charge on any atom is -0.464 e. The fraction of sp³-hybridized carbons (Fsp3) is 0.667. The normalized spacial score (nSPS) is 18.8. The zero-order valence-corrected chi connectivity index (χ0v) is 9.27. The molecule has 17 heavy (non-hydrogen) atoms. The van der Waals surface area contributed by atoms with Gasteiger partial charge >= 0.3 is 5.97 Å². The lowest BCUT2D eigenvalue weighted by molar-refractivity contribution is -0.131. The van der Waals surface area contributed by atoms with E-state index in [1.807, 2.05) is 0 Å². The first-order valence-electron chi connectivity index (χ1n) is 5.09. The maximum atomic E-state index is 12.5. The fourth-order valence-electron chi connectivity index (χ4n) is 1.60. The molecular formula is C9H12F2N4O2. The van der Waals surface area contributed by atoms with Crippen molar-refractivity contribution in [2.24, 2.45) is 0 Å². The minimum atomic E-state index is -2.56. The van der Waals surface area contributed by atoms with Crippen molar-refractivity contribution >= 4 is 5.97 Å². The van der Waals surface area contributed by atoms with Crippen LogP contribution in [0, 0.1) is 0 Å². The van der Waals surface area contributed by atoms with E-state index < -0.39 is 11.9 Å². The predicted octanol–water partition coefficient (Wildman–Crippen LogP) is 0.0156. The van der Waals surface area contributed by atoms with Gasteiger partial charge < -0.3 is 4.74 Å². The number of rotatable bonds is 4. The zero-order valence-electron chi connectivity index (χ0n) is 9.27. The molecule has 0 aliphatic carbocycles. The molecule has 0 bridgehead atoms. The molecule has 0 aromatic carbocycles. The summed E-state index contributed by atoms with van der Waals surface area (Å²) in [6, 6.07) is 0. The lowest BCUT2D eigenvalue weighted by atomic mass is 10.1. The van der Waals surface area contributed by atoms with Crippen molar-refractivity contribution in [2.45, 2.75) is 12.5 Å². The summed E-state index contributed by atoms with van der Waals surface area (Å²) in [5, 5.41) is 7.71. The molecule has 2 heterocycles. The molecule has 1 fully saturated rings. The van der Waals surface area contributed by atoms with Crippen LogP contribution in [0.2, 0.25) is 0 Å². The molecule has 8 heteroatoms. The van der Waals surface area contributed by atoms with Gasteiger partial charge in [0.1, 0.15) is 0 Å². The van der Waals surface area contributed by atoms with Crippen LogP contribution in [0.1, 0.15) is 10.5 Å². The van der Waals surface area contributed by atoms with Crippen molar-refractivity contribution in [1.82, 2.24) is 19.9 Å². The molecule has 0 unspecified atom stereocenters. The molecule has 94 valence electrons. The van der Waals surface area contributed by atoms with Crippen LogP contribution in [0.3, 0.4) is 0 Å². The second kappa shape index (κ2) is 4.36. The van der Waals surface area contributed by atoms with E-state index in [9.17, 15) is 13.6 Å². The molecule has 0 N–H and O–H groups in total. The van der Waals surface area contributed by atoms with Gasteiger partial charge in [-0.05, 0) is 0 Å². The van der Waals surface area contributed by atoms with E-state index >= 15 is 0 Å². The average Bonchev–Trinajstić information content (AvgIpc) is 2.70. The van der Waals surface area contributed by atoms with Gasteiger partial charge in [0.15, 0.2) is 5.69 Å². The standard InChI is InChI=1S/C9H12F2N4O2/c1-17-8(16)7-4-12-15(13-7)3-2-14-5-9(10,11)6-14/h4H,2-3,5-6H2,1H3. The van der Waals surface area contributed by atoms with Crippen molar-refractivity contribution in [3.05, 3.63) is 11.9 Å². The van der Waals surface area contributed by atoms with Gasteiger partial charge in [-0.15, -0.1) is 5.10 Å². The average molecular weight is 246 g/mol. The monoisotopic (exact) mass is 246 g/mol. The van der Waals surface area contributed by atoms with Crippen LogP contribution >= 0.6 is 0 Å². The lowest BCUT2D eigenvalue weighted by Gasteiger charge is -2.38. The van der Waals surface area contributed by atoms with Crippen molar-refractivity contribution < 1.29 is 18.3 Å². The Morgan fingerprint density at radius 1 is 1.53 bits per heavy atom. The fourth-order valence-corrected chi connectivity index (χ4v) is 1.60. The number of methoxy groups -OCH3 is 1. The first-order valence-corrected chi connectivity index (χ1v) is 5.09. The highest BCUT2D eigenvalue weighted by molar-refractivity contribution is 5.86. The topological polar surface area (TPSA) is 60.2 Å². The molecule has 0 amide bonds. The third-order valence-corrected chi connectivity index (χ3v) is 2.46. The molecule has 0 atom stereocenters. The minimum absolute atomic E-state index is 0.112. The van der Waals surface area contributed by atoms with E-state index in [-0.39, 0.29) is 18.8 Å². The molecule has 0 spiro atoms. The summed E-state index contributed by atoms with van der Waals surface area (Å²) in [4.78, 5) is 14.0. The maximum absolute atomic E-state index is 12.5. The molecule has 1 aliphatic rings. The third-order valence-electron chi connectivity index (χ3n) is 2.46. The summed E-state index contributed by atoms with van der Waals surface area (Å²) in [5.74, 6) is -3.12. The summed E-state index contributed by atoms with van der Waals surface area (Å²) >= 11 is 0. The quantitative estimate of drug-likeness (QED) is 0.701. The molecule has 2 rings (SSSR count). The van der Waals surface area contributed by atoms with Crippen LogP contribution in [0.15, 0.2) is 6.20 Å². The second-order valence-electron chi connectivity index (χ2n) is 3.88. The van der Waals surface area contributed by atoms with Gasteiger partial charge in [-0.3, -0.25) is 4.90 Å². The Hall–Kier alpha value is -1.57. The SMILES string of the molecule is COC(=O)c1cnn(CCN2CC(F)(F)C2)n1. The molecular weight excluding hydrogens is 234 g/mol. The predicted molar refractivity (Wildman–Crippen MR) is 52.7 cm³/mol. The molecule has 1 aliphatic heterocycles. The molecule has 0 radical (unpaired) electrons. The lowest BCUT2D eigenvalue weighted by Crippen LogP contribution is -2.56. The summed E-state index contributed by atoms with van der Waals surface area (Å²) in [5.41, 5.74) is 0.112. The smallest absolute Gasteiger partial charge is 0.360 e. The first-order chi connectivity index (χ1) is 8.00. The van der Waals surface area contributed by atoms with E-state index in [0.717, 1.165) is 0 Å². The second-order valence-corrected chi connectivity index (χ2v) is 3.88. The van der Waals surface area contributed by atoms with E-state index in [0.29, 0.717) is 13.1 Å². The summed E-state index contributed by atoms with van der Waals surface area (Å²) in [6.45, 7) is 0.355. The van der Waals surface area contributed by atoms with Crippen LogP contribution in [0.5, 0.6) is 0 Å². The number of carbonyl (C=O) groups excluding carboxylic acids is 1. The number of alkyl halides is 2. The van der Waals surface area contributed by atoms with Gasteiger partial charge in [0, 0.05) is 6.54 Å². The van der Waals surface area contributed by atoms with Crippen LogP contribution in [-0.4, -0.2) is 58.5 Å². The number of aromatic nitrogens is 3. The van der Waals surface area contributed by atoms with Crippen molar-refractivity contribution in [2.75, 3.05) is 26.7 Å².